The smallest absolute Gasteiger partial charge is 0.254 e. The average molecular weight is 279 g/mol. The van der Waals surface area contributed by atoms with Crippen LogP contribution in [0.25, 0.3) is 0 Å². The predicted molar refractivity (Wildman–Crippen MR) is 73.3 cm³/mol. The van der Waals surface area contributed by atoms with E-state index in [4.69, 9.17) is 11.5 Å². The lowest BCUT2D eigenvalue weighted by Gasteiger charge is -2.28. The quantitative estimate of drug-likeness (QED) is 0.813. The van der Waals surface area contributed by atoms with Crippen LogP contribution in [0.15, 0.2) is 18.2 Å². The maximum atomic E-state index is 13.3. The molecule has 1 aromatic carbocycles. The molecule has 0 aromatic heterocycles. The van der Waals surface area contributed by atoms with Gasteiger partial charge in [0.15, 0.2) is 0 Å². The van der Waals surface area contributed by atoms with E-state index in [9.17, 15) is 14.0 Å². The SMILES string of the molecule is NC(=O)CN(C(=O)c1cc(N)cc(F)c1)C1CCCC1. The first-order valence-electron chi connectivity index (χ1n) is 6.62. The Labute approximate surface area is 116 Å². The van der Waals surface area contributed by atoms with E-state index in [0.717, 1.165) is 37.8 Å². The van der Waals surface area contributed by atoms with Crippen molar-refractivity contribution in [2.45, 2.75) is 31.7 Å². The fourth-order valence-electron chi connectivity index (χ4n) is 2.65. The van der Waals surface area contributed by atoms with Crippen LogP contribution in [-0.2, 0) is 4.79 Å². The maximum absolute atomic E-state index is 13.3. The first kappa shape index (κ1) is 14.3. The summed E-state index contributed by atoms with van der Waals surface area (Å²) in [4.78, 5) is 25.1. The third-order valence-electron chi connectivity index (χ3n) is 3.52. The highest BCUT2D eigenvalue weighted by molar-refractivity contribution is 5.97. The van der Waals surface area contributed by atoms with Crippen molar-refractivity contribution >= 4 is 17.5 Å². The molecule has 1 fully saturated rings. The van der Waals surface area contributed by atoms with Gasteiger partial charge in [-0.25, -0.2) is 4.39 Å². The Morgan fingerprint density at radius 3 is 2.45 bits per heavy atom. The van der Waals surface area contributed by atoms with Crippen LogP contribution in [0.3, 0.4) is 0 Å². The molecule has 5 nitrogen and oxygen atoms in total. The van der Waals surface area contributed by atoms with Crippen molar-refractivity contribution < 1.29 is 14.0 Å². The molecule has 0 aliphatic heterocycles. The molecule has 0 saturated heterocycles. The van der Waals surface area contributed by atoms with Crippen molar-refractivity contribution in [1.29, 1.82) is 0 Å². The molecule has 1 saturated carbocycles. The second-order valence-corrected chi connectivity index (χ2v) is 5.11. The van der Waals surface area contributed by atoms with Gasteiger partial charge in [0.1, 0.15) is 5.82 Å². The Balaban J connectivity index is 2.26. The lowest BCUT2D eigenvalue weighted by molar-refractivity contribution is -0.119. The Kier molecular flexibility index (Phi) is 4.22. The molecular formula is C14H18FN3O2. The molecule has 0 heterocycles. The van der Waals surface area contributed by atoms with Crippen LogP contribution in [0, 0.1) is 5.82 Å². The van der Waals surface area contributed by atoms with Crippen molar-refractivity contribution in [1.82, 2.24) is 4.90 Å². The van der Waals surface area contributed by atoms with E-state index < -0.39 is 17.6 Å². The van der Waals surface area contributed by atoms with Gasteiger partial charge in [0.05, 0.1) is 6.54 Å². The normalized spacial score (nSPS) is 15.2. The number of rotatable bonds is 4. The standard InChI is InChI=1S/C14H18FN3O2/c15-10-5-9(6-11(16)7-10)14(20)18(8-13(17)19)12-3-1-2-4-12/h5-7,12H,1-4,8,16H2,(H2,17,19). The Bertz CT molecular complexity index is 507. The van der Waals surface area contributed by atoms with Crippen molar-refractivity contribution in [2.24, 2.45) is 5.73 Å². The lowest BCUT2D eigenvalue weighted by Crippen LogP contribution is -2.44. The zero-order chi connectivity index (χ0) is 14.7. The van der Waals surface area contributed by atoms with Crippen LogP contribution in [0.5, 0.6) is 0 Å². The topological polar surface area (TPSA) is 89.4 Å². The van der Waals surface area contributed by atoms with Gasteiger partial charge in [-0.2, -0.15) is 0 Å². The van der Waals surface area contributed by atoms with Gasteiger partial charge in [0, 0.05) is 17.3 Å². The van der Waals surface area contributed by atoms with Crippen LogP contribution < -0.4 is 11.5 Å². The van der Waals surface area contributed by atoms with Gasteiger partial charge in [-0.1, -0.05) is 12.8 Å². The molecule has 1 aliphatic rings. The van der Waals surface area contributed by atoms with Gasteiger partial charge in [0.2, 0.25) is 5.91 Å². The minimum Gasteiger partial charge on any atom is -0.399 e. The lowest BCUT2D eigenvalue weighted by atomic mass is 10.1. The van der Waals surface area contributed by atoms with Crippen LogP contribution >= 0.6 is 0 Å². The van der Waals surface area contributed by atoms with Crippen LogP contribution in [-0.4, -0.2) is 29.3 Å². The molecule has 0 unspecified atom stereocenters. The number of carbonyl (C=O) groups excluding carboxylic acids is 2. The highest BCUT2D eigenvalue weighted by Gasteiger charge is 2.28. The number of nitrogen functional groups attached to an aromatic ring is 1. The number of anilines is 1. The monoisotopic (exact) mass is 279 g/mol. The van der Waals surface area contributed by atoms with E-state index in [1.807, 2.05) is 0 Å². The molecule has 2 amide bonds. The van der Waals surface area contributed by atoms with Crippen molar-refractivity contribution in [3.05, 3.63) is 29.6 Å². The van der Waals surface area contributed by atoms with Gasteiger partial charge in [0.25, 0.3) is 5.91 Å². The fraction of sp³-hybridized carbons (Fsp3) is 0.429. The van der Waals surface area contributed by atoms with Crippen LogP contribution in [0.1, 0.15) is 36.0 Å². The zero-order valence-corrected chi connectivity index (χ0v) is 11.1. The summed E-state index contributed by atoms with van der Waals surface area (Å²) in [7, 11) is 0. The molecule has 4 N–H and O–H groups in total. The molecule has 0 spiro atoms. The summed E-state index contributed by atoms with van der Waals surface area (Å²) in [6.45, 7) is -0.153. The highest BCUT2D eigenvalue weighted by Crippen LogP contribution is 2.25. The third-order valence-corrected chi connectivity index (χ3v) is 3.52. The molecule has 20 heavy (non-hydrogen) atoms. The summed E-state index contributed by atoms with van der Waals surface area (Å²) in [6.07, 6.45) is 3.70. The molecule has 1 aromatic rings. The van der Waals surface area contributed by atoms with E-state index in [0.29, 0.717) is 0 Å². The Morgan fingerprint density at radius 1 is 1.25 bits per heavy atom. The number of nitrogens with zero attached hydrogens (tertiary/aromatic N) is 1. The summed E-state index contributed by atoms with van der Waals surface area (Å²) in [5, 5.41) is 0. The maximum Gasteiger partial charge on any atom is 0.254 e. The Morgan fingerprint density at radius 2 is 1.90 bits per heavy atom. The van der Waals surface area contributed by atoms with Gasteiger partial charge >= 0.3 is 0 Å². The number of hydrogen-bond donors (Lipinski definition) is 2. The van der Waals surface area contributed by atoms with Crippen molar-refractivity contribution in [2.75, 3.05) is 12.3 Å². The number of nitrogens with two attached hydrogens (primary N) is 2. The second kappa shape index (κ2) is 5.90. The summed E-state index contributed by atoms with van der Waals surface area (Å²) >= 11 is 0. The molecule has 2 rings (SSSR count). The molecule has 0 atom stereocenters. The minimum atomic E-state index is -0.574. The van der Waals surface area contributed by atoms with E-state index in [2.05, 4.69) is 0 Å². The molecule has 0 radical (unpaired) electrons. The first-order chi connectivity index (χ1) is 9.47. The molecule has 1 aliphatic carbocycles. The van der Waals surface area contributed by atoms with E-state index in [1.165, 1.54) is 11.0 Å². The molecular weight excluding hydrogens is 261 g/mol. The third kappa shape index (κ3) is 3.26. The zero-order valence-electron chi connectivity index (χ0n) is 11.1. The molecule has 0 bridgehead atoms. The van der Waals surface area contributed by atoms with Crippen LogP contribution in [0.2, 0.25) is 0 Å². The molecule has 108 valence electrons. The number of benzene rings is 1. The number of primary amides is 1. The summed E-state index contributed by atoms with van der Waals surface area (Å²) in [6, 6.07) is 3.67. The van der Waals surface area contributed by atoms with E-state index >= 15 is 0 Å². The van der Waals surface area contributed by atoms with Gasteiger partial charge in [-0.05, 0) is 31.0 Å². The largest absolute Gasteiger partial charge is 0.399 e. The van der Waals surface area contributed by atoms with Crippen molar-refractivity contribution in [3.63, 3.8) is 0 Å². The number of hydrogen-bond acceptors (Lipinski definition) is 3. The molecule has 6 heteroatoms. The van der Waals surface area contributed by atoms with Crippen molar-refractivity contribution in [3.8, 4) is 0 Å². The average Bonchev–Trinajstić information content (AvgIpc) is 2.87. The van der Waals surface area contributed by atoms with Gasteiger partial charge < -0.3 is 16.4 Å². The van der Waals surface area contributed by atoms with Gasteiger partial charge in [-0.15, -0.1) is 0 Å². The number of carbonyl (C=O) groups is 2. The summed E-state index contributed by atoms with van der Waals surface area (Å²) < 4.78 is 13.3. The highest BCUT2D eigenvalue weighted by atomic mass is 19.1. The van der Waals surface area contributed by atoms with Gasteiger partial charge in [-0.3, -0.25) is 9.59 Å². The predicted octanol–water partition coefficient (Wildman–Crippen LogP) is 1.28. The van der Waals surface area contributed by atoms with Crippen LogP contribution in [0.4, 0.5) is 10.1 Å². The summed E-state index contributed by atoms with van der Waals surface area (Å²) in [5.74, 6) is -1.55. The number of halogens is 1. The Hall–Kier alpha value is -2.11. The minimum absolute atomic E-state index is 0.0144. The fourth-order valence-corrected chi connectivity index (χ4v) is 2.65. The second-order valence-electron chi connectivity index (χ2n) is 5.11. The first-order valence-corrected chi connectivity index (χ1v) is 6.62. The van der Waals surface area contributed by atoms with E-state index in [1.54, 1.807) is 0 Å². The number of amides is 2. The van der Waals surface area contributed by atoms with E-state index in [-0.39, 0.29) is 23.8 Å². The summed E-state index contributed by atoms with van der Waals surface area (Å²) in [5.41, 5.74) is 11.1.